The second-order valence-electron chi connectivity index (χ2n) is 8.69. The van der Waals surface area contributed by atoms with E-state index in [1.807, 2.05) is 42.5 Å². The summed E-state index contributed by atoms with van der Waals surface area (Å²) in [5, 5.41) is 7.26. The van der Waals surface area contributed by atoms with Crippen molar-refractivity contribution in [2.24, 2.45) is 0 Å². The molecule has 180 valence electrons. The highest BCUT2D eigenvalue weighted by molar-refractivity contribution is 5.86. The second-order valence-corrected chi connectivity index (χ2v) is 8.69. The Morgan fingerprint density at radius 1 is 1.03 bits per heavy atom. The van der Waals surface area contributed by atoms with Gasteiger partial charge in [0.05, 0.1) is 18.9 Å². The number of fused-ring (bicyclic) bond motifs is 1. The lowest BCUT2D eigenvalue weighted by molar-refractivity contribution is -0.117. The minimum absolute atomic E-state index is 0.110. The predicted molar refractivity (Wildman–Crippen MR) is 134 cm³/mol. The van der Waals surface area contributed by atoms with Gasteiger partial charge in [0, 0.05) is 55.1 Å². The van der Waals surface area contributed by atoms with Crippen LogP contribution in [0.25, 0.3) is 33.8 Å². The van der Waals surface area contributed by atoms with Crippen LogP contribution in [0.2, 0.25) is 0 Å². The first-order valence-corrected chi connectivity index (χ1v) is 11.8. The molecule has 0 spiro atoms. The largest absolute Gasteiger partial charge is 0.378 e. The van der Waals surface area contributed by atoms with Crippen molar-refractivity contribution >= 4 is 22.8 Å². The molecule has 0 aliphatic carbocycles. The standard InChI is InChI=1S/C26H24N8O2/c35-21(13-20-14-22(33-32-20)19-2-1-7-27-15-19)12-17-3-5-18(6-4-17)24-30-23-25(31-24)28-16-29-26(23)34-8-10-36-11-9-34/h1-7,14-16H,8-13H2,(H,32,33)(H,28,29,30,31). The van der Waals surface area contributed by atoms with E-state index < -0.39 is 0 Å². The van der Waals surface area contributed by atoms with Gasteiger partial charge in [-0.2, -0.15) is 5.10 Å². The second kappa shape index (κ2) is 9.67. The molecule has 0 unspecified atom stereocenters. The first-order chi connectivity index (χ1) is 17.7. The molecule has 10 nitrogen and oxygen atoms in total. The van der Waals surface area contributed by atoms with Crippen molar-refractivity contribution in [3.63, 3.8) is 0 Å². The fraction of sp³-hybridized carbons (Fsp3) is 0.231. The van der Waals surface area contributed by atoms with Crippen molar-refractivity contribution < 1.29 is 9.53 Å². The number of ketones is 1. The molecule has 5 aromatic rings. The molecule has 2 N–H and O–H groups in total. The van der Waals surface area contributed by atoms with E-state index in [2.05, 4.69) is 40.0 Å². The zero-order valence-electron chi connectivity index (χ0n) is 19.5. The van der Waals surface area contributed by atoms with Crippen molar-refractivity contribution in [3.05, 3.63) is 72.4 Å². The number of aromatic amines is 2. The minimum Gasteiger partial charge on any atom is -0.378 e. The van der Waals surface area contributed by atoms with Crippen LogP contribution in [0.15, 0.2) is 61.2 Å². The van der Waals surface area contributed by atoms with Gasteiger partial charge in [0.25, 0.3) is 0 Å². The highest BCUT2D eigenvalue weighted by atomic mass is 16.5. The van der Waals surface area contributed by atoms with E-state index in [0.29, 0.717) is 31.7 Å². The summed E-state index contributed by atoms with van der Waals surface area (Å²) in [4.78, 5) is 35.8. The first-order valence-electron chi connectivity index (χ1n) is 11.8. The molecule has 1 aliphatic heterocycles. The summed E-state index contributed by atoms with van der Waals surface area (Å²) in [7, 11) is 0. The van der Waals surface area contributed by atoms with E-state index in [-0.39, 0.29) is 5.78 Å². The first kappa shape index (κ1) is 22.1. The topological polar surface area (TPSA) is 126 Å². The SMILES string of the molecule is O=C(Cc1ccc(-c2nc3ncnc(N4CCOCC4)c3[nH]2)cc1)Cc1cc(-c2cccnc2)n[nH]1. The van der Waals surface area contributed by atoms with Crippen LogP contribution >= 0.6 is 0 Å². The maximum atomic E-state index is 12.7. The Kier molecular flexibility index (Phi) is 5.92. The van der Waals surface area contributed by atoms with Crippen LogP contribution in [-0.4, -0.2) is 67.2 Å². The maximum absolute atomic E-state index is 12.7. The van der Waals surface area contributed by atoms with E-state index in [1.54, 1.807) is 18.7 Å². The molecular formula is C26H24N8O2. The number of hydrogen-bond acceptors (Lipinski definition) is 8. The average molecular weight is 481 g/mol. The third-order valence-corrected chi connectivity index (χ3v) is 6.18. The summed E-state index contributed by atoms with van der Waals surface area (Å²) >= 11 is 0. The number of benzene rings is 1. The number of Topliss-reactive ketones (excluding diaryl/α,β-unsaturated/α-hetero) is 1. The Labute approximate surface area is 206 Å². The third-order valence-electron chi connectivity index (χ3n) is 6.18. The summed E-state index contributed by atoms with van der Waals surface area (Å²) < 4.78 is 5.46. The molecule has 6 rings (SSSR count). The molecule has 36 heavy (non-hydrogen) atoms. The molecule has 1 aromatic carbocycles. The number of pyridine rings is 1. The number of imidazole rings is 1. The van der Waals surface area contributed by atoms with Crippen LogP contribution in [0.4, 0.5) is 5.82 Å². The van der Waals surface area contributed by atoms with Gasteiger partial charge in [0.15, 0.2) is 11.5 Å². The Morgan fingerprint density at radius 2 is 1.89 bits per heavy atom. The van der Waals surface area contributed by atoms with Crippen LogP contribution in [0.5, 0.6) is 0 Å². The summed E-state index contributed by atoms with van der Waals surface area (Å²) in [5.41, 5.74) is 5.80. The number of anilines is 1. The van der Waals surface area contributed by atoms with E-state index in [1.165, 1.54) is 0 Å². The number of morpholine rings is 1. The van der Waals surface area contributed by atoms with Gasteiger partial charge in [-0.25, -0.2) is 15.0 Å². The number of carbonyl (C=O) groups excluding carboxylic acids is 1. The number of nitrogens with one attached hydrogen (secondary N) is 2. The van der Waals surface area contributed by atoms with Crippen LogP contribution in [0.1, 0.15) is 11.3 Å². The van der Waals surface area contributed by atoms with Gasteiger partial charge in [-0.05, 0) is 23.8 Å². The lowest BCUT2D eigenvalue weighted by Crippen LogP contribution is -2.36. The predicted octanol–water partition coefficient (Wildman–Crippen LogP) is 3.00. The molecule has 0 bridgehead atoms. The van der Waals surface area contributed by atoms with Crippen molar-refractivity contribution in [1.82, 2.24) is 35.1 Å². The van der Waals surface area contributed by atoms with E-state index in [4.69, 9.17) is 4.74 Å². The monoisotopic (exact) mass is 480 g/mol. The van der Waals surface area contributed by atoms with Crippen molar-refractivity contribution in [1.29, 1.82) is 0 Å². The summed E-state index contributed by atoms with van der Waals surface area (Å²) in [5.74, 6) is 1.67. The molecule has 1 saturated heterocycles. The van der Waals surface area contributed by atoms with E-state index >= 15 is 0 Å². The van der Waals surface area contributed by atoms with Crippen LogP contribution in [0.3, 0.4) is 0 Å². The number of hydrogen-bond donors (Lipinski definition) is 2. The van der Waals surface area contributed by atoms with Gasteiger partial charge >= 0.3 is 0 Å². The van der Waals surface area contributed by atoms with Crippen LogP contribution in [-0.2, 0) is 22.4 Å². The quantitative estimate of drug-likeness (QED) is 0.364. The molecular weight excluding hydrogens is 456 g/mol. The smallest absolute Gasteiger partial charge is 0.183 e. The summed E-state index contributed by atoms with van der Waals surface area (Å²) in [6.45, 7) is 2.93. The van der Waals surface area contributed by atoms with Gasteiger partial charge in [-0.1, -0.05) is 24.3 Å². The number of rotatable bonds is 7. The minimum atomic E-state index is 0.110. The Balaban J connectivity index is 1.14. The number of carbonyl (C=O) groups is 1. The number of aromatic nitrogens is 7. The molecule has 1 aliphatic rings. The fourth-order valence-electron chi connectivity index (χ4n) is 4.37. The van der Waals surface area contributed by atoms with Crippen molar-refractivity contribution in [3.8, 4) is 22.6 Å². The Bertz CT molecular complexity index is 1490. The number of nitrogens with zero attached hydrogens (tertiary/aromatic N) is 6. The van der Waals surface area contributed by atoms with Gasteiger partial charge < -0.3 is 14.6 Å². The third kappa shape index (κ3) is 4.58. The van der Waals surface area contributed by atoms with E-state index in [9.17, 15) is 4.79 Å². The highest BCUT2D eigenvalue weighted by Crippen LogP contribution is 2.26. The van der Waals surface area contributed by atoms with E-state index in [0.717, 1.165) is 58.3 Å². The fourth-order valence-corrected chi connectivity index (χ4v) is 4.37. The number of ether oxygens (including phenoxy) is 1. The summed E-state index contributed by atoms with van der Waals surface area (Å²) in [6, 6.07) is 13.6. The molecule has 1 fully saturated rings. The van der Waals surface area contributed by atoms with Crippen LogP contribution < -0.4 is 4.90 Å². The highest BCUT2D eigenvalue weighted by Gasteiger charge is 2.18. The zero-order valence-corrected chi connectivity index (χ0v) is 19.5. The van der Waals surface area contributed by atoms with Crippen molar-refractivity contribution in [2.45, 2.75) is 12.8 Å². The molecule has 0 saturated carbocycles. The normalized spacial score (nSPS) is 13.8. The van der Waals surface area contributed by atoms with Gasteiger partial charge in [0.1, 0.15) is 23.5 Å². The molecule has 0 radical (unpaired) electrons. The molecule has 5 heterocycles. The van der Waals surface area contributed by atoms with Gasteiger partial charge in [0.2, 0.25) is 0 Å². The lowest BCUT2D eigenvalue weighted by atomic mass is 10.0. The van der Waals surface area contributed by atoms with Crippen LogP contribution in [0, 0.1) is 0 Å². The average Bonchev–Trinajstić information content (AvgIpc) is 3.57. The molecule has 10 heteroatoms. The Hall–Kier alpha value is -4.44. The Morgan fingerprint density at radius 3 is 2.69 bits per heavy atom. The zero-order chi connectivity index (χ0) is 24.3. The number of H-pyrrole nitrogens is 2. The van der Waals surface area contributed by atoms with Gasteiger partial charge in [-0.3, -0.25) is 14.9 Å². The molecule has 4 aromatic heterocycles. The summed E-state index contributed by atoms with van der Waals surface area (Å²) in [6.07, 6.45) is 5.65. The molecule has 0 atom stereocenters. The molecule has 0 amide bonds. The lowest BCUT2D eigenvalue weighted by Gasteiger charge is -2.27. The van der Waals surface area contributed by atoms with Gasteiger partial charge in [-0.15, -0.1) is 0 Å². The van der Waals surface area contributed by atoms with Crippen molar-refractivity contribution in [2.75, 3.05) is 31.2 Å². The maximum Gasteiger partial charge on any atom is 0.183 e.